The van der Waals surface area contributed by atoms with Gasteiger partial charge in [-0.15, -0.1) is 0 Å². The fourth-order valence-electron chi connectivity index (χ4n) is 2.53. The molecule has 3 nitrogen and oxygen atoms in total. The van der Waals surface area contributed by atoms with Gasteiger partial charge in [0.25, 0.3) is 0 Å². The Morgan fingerprint density at radius 2 is 2.05 bits per heavy atom. The molecule has 3 heteroatoms. The van der Waals surface area contributed by atoms with Crippen LogP contribution in [0.1, 0.15) is 27.2 Å². The van der Waals surface area contributed by atoms with E-state index in [9.17, 15) is 5.26 Å². The lowest BCUT2D eigenvalue weighted by atomic mass is 9.74. The molecule has 1 aromatic carbocycles. The second-order valence-corrected chi connectivity index (χ2v) is 5.79. The SMILES string of the molecule is CCOc1ccc(N2CCC(C)(C)C(C#N)C2)cc1. The molecule has 1 heterocycles. The summed E-state index contributed by atoms with van der Waals surface area (Å²) in [6.07, 6.45) is 1.05. The molecular formula is C16H22N2O. The van der Waals surface area contributed by atoms with E-state index in [2.05, 4.69) is 36.9 Å². The molecule has 0 bridgehead atoms. The smallest absolute Gasteiger partial charge is 0.119 e. The predicted octanol–water partition coefficient (Wildman–Crippen LogP) is 3.46. The van der Waals surface area contributed by atoms with E-state index in [1.54, 1.807) is 0 Å². The van der Waals surface area contributed by atoms with Gasteiger partial charge in [0.05, 0.1) is 18.6 Å². The van der Waals surface area contributed by atoms with Crippen LogP contribution in [0.25, 0.3) is 0 Å². The Balaban J connectivity index is 2.09. The molecular weight excluding hydrogens is 236 g/mol. The van der Waals surface area contributed by atoms with Crippen LogP contribution in [0.15, 0.2) is 24.3 Å². The Kier molecular flexibility index (Phi) is 3.99. The normalized spacial score (nSPS) is 21.8. The largest absolute Gasteiger partial charge is 0.494 e. The van der Waals surface area contributed by atoms with Crippen molar-refractivity contribution in [3.8, 4) is 11.8 Å². The second-order valence-electron chi connectivity index (χ2n) is 5.79. The van der Waals surface area contributed by atoms with E-state index in [0.29, 0.717) is 6.61 Å². The summed E-state index contributed by atoms with van der Waals surface area (Å²) in [5.74, 6) is 0.994. The first-order chi connectivity index (χ1) is 9.06. The van der Waals surface area contributed by atoms with E-state index in [1.807, 2.05) is 19.1 Å². The number of hydrogen-bond acceptors (Lipinski definition) is 3. The number of anilines is 1. The molecule has 1 aliphatic heterocycles. The van der Waals surface area contributed by atoms with Crippen molar-refractivity contribution in [1.29, 1.82) is 5.26 Å². The summed E-state index contributed by atoms with van der Waals surface area (Å²) >= 11 is 0. The van der Waals surface area contributed by atoms with Gasteiger partial charge in [-0.05, 0) is 43.0 Å². The van der Waals surface area contributed by atoms with E-state index in [4.69, 9.17) is 4.74 Å². The highest BCUT2D eigenvalue weighted by Gasteiger charge is 2.35. The Morgan fingerprint density at radius 3 is 2.63 bits per heavy atom. The molecule has 19 heavy (non-hydrogen) atoms. The quantitative estimate of drug-likeness (QED) is 0.833. The first kappa shape index (κ1) is 13.7. The fourth-order valence-corrected chi connectivity index (χ4v) is 2.53. The third-order valence-corrected chi connectivity index (χ3v) is 4.04. The first-order valence-corrected chi connectivity index (χ1v) is 6.94. The monoisotopic (exact) mass is 258 g/mol. The van der Waals surface area contributed by atoms with Gasteiger partial charge in [-0.3, -0.25) is 0 Å². The summed E-state index contributed by atoms with van der Waals surface area (Å²) in [5.41, 5.74) is 1.30. The van der Waals surface area contributed by atoms with Crippen molar-refractivity contribution in [1.82, 2.24) is 0 Å². The van der Waals surface area contributed by atoms with Crippen molar-refractivity contribution >= 4 is 5.69 Å². The number of benzene rings is 1. The van der Waals surface area contributed by atoms with E-state index in [-0.39, 0.29) is 11.3 Å². The lowest BCUT2D eigenvalue weighted by molar-refractivity contribution is 0.217. The number of piperidine rings is 1. The molecule has 1 fully saturated rings. The van der Waals surface area contributed by atoms with Crippen molar-refractivity contribution in [3.63, 3.8) is 0 Å². The molecule has 0 amide bonds. The van der Waals surface area contributed by atoms with Crippen molar-refractivity contribution in [2.75, 3.05) is 24.6 Å². The average Bonchev–Trinajstić information content (AvgIpc) is 2.40. The maximum absolute atomic E-state index is 9.31. The van der Waals surface area contributed by atoms with Crippen LogP contribution in [0, 0.1) is 22.7 Å². The zero-order chi connectivity index (χ0) is 13.9. The minimum absolute atomic E-state index is 0.0906. The van der Waals surface area contributed by atoms with E-state index >= 15 is 0 Å². The number of ether oxygens (including phenoxy) is 1. The van der Waals surface area contributed by atoms with Crippen LogP contribution >= 0.6 is 0 Å². The second kappa shape index (κ2) is 5.52. The highest BCUT2D eigenvalue weighted by Crippen LogP contribution is 2.37. The van der Waals surface area contributed by atoms with Crippen LogP contribution < -0.4 is 9.64 Å². The maximum Gasteiger partial charge on any atom is 0.119 e. The summed E-state index contributed by atoms with van der Waals surface area (Å²) in [6.45, 7) is 8.88. The first-order valence-electron chi connectivity index (χ1n) is 6.94. The van der Waals surface area contributed by atoms with Crippen molar-refractivity contribution in [3.05, 3.63) is 24.3 Å². The molecule has 0 radical (unpaired) electrons. The molecule has 1 aromatic rings. The topological polar surface area (TPSA) is 36.3 Å². The van der Waals surface area contributed by atoms with E-state index in [1.165, 1.54) is 5.69 Å². The zero-order valence-electron chi connectivity index (χ0n) is 12.0. The summed E-state index contributed by atoms with van der Waals surface area (Å²) in [5, 5.41) is 9.31. The number of rotatable bonds is 3. The van der Waals surface area contributed by atoms with Crippen LogP contribution in [-0.4, -0.2) is 19.7 Å². The molecule has 102 valence electrons. The highest BCUT2D eigenvalue weighted by molar-refractivity contribution is 5.49. The zero-order valence-corrected chi connectivity index (χ0v) is 12.0. The Labute approximate surface area is 115 Å². The highest BCUT2D eigenvalue weighted by atomic mass is 16.5. The van der Waals surface area contributed by atoms with Crippen LogP contribution in [0.3, 0.4) is 0 Å². The average molecular weight is 258 g/mol. The van der Waals surface area contributed by atoms with Gasteiger partial charge in [-0.1, -0.05) is 13.8 Å². The molecule has 1 aliphatic rings. The molecule has 2 rings (SSSR count). The summed E-state index contributed by atoms with van der Waals surface area (Å²) in [6, 6.07) is 10.6. The molecule has 0 N–H and O–H groups in total. The van der Waals surface area contributed by atoms with Gasteiger partial charge in [0.15, 0.2) is 0 Å². The Hall–Kier alpha value is -1.69. The third kappa shape index (κ3) is 3.01. The fraction of sp³-hybridized carbons (Fsp3) is 0.562. The number of nitrogens with zero attached hydrogens (tertiary/aromatic N) is 2. The lowest BCUT2D eigenvalue weighted by Crippen LogP contribution is -2.44. The van der Waals surface area contributed by atoms with Gasteiger partial charge in [0, 0.05) is 18.8 Å². The molecule has 0 aromatic heterocycles. The van der Waals surface area contributed by atoms with E-state index in [0.717, 1.165) is 25.3 Å². The molecule has 1 saturated heterocycles. The maximum atomic E-state index is 9.31. The van der Waals surface area contributed by atoms with E-state index < -0.39 is 0 Å². The van der Waals surface area contributed by atoms with Gasteiger partial charge < -0.3 is 9.64 Å². The molecule has 0 spiro atoms. The minimum Gasteiger partial charge on any atom is -0.494 e. The predicted molar refractivity (Wildman–Crippen MR) is 77.3 cm³/mol. The van der Waals surface area contributed by atoms with Crippen molar-refractivity contribution in [2.45, 2.75) is 27.2 Å². The number of nitriles is 1. The Bertz CT molecular complexity index is 459. The van der Waals surface area contributed by atoms with Crippen LogP contribution in [0.2, 0.25) is 0 Å². The summed E-state index contributed by atoms with van der Waals surface area (Å²) in [7, 11) is 0. The minimum atomic E-state index is 0.0906. The molecule has 0 aliphatic carbocycles. The molecule has 0 saturated carbocycles. The van der Waals surface area contributed by atoms with Gasteiger partial charge in [-0.25, -0.2) is 0 Å². The summed E-state index contributed by atoms with van der Waals surface area (Å²) < 4.78 is 5.45. The molecule has 1 unspecified atom stereocenters. The van der Waals surface area contributed by atoms with Gasteiger partial charge >= 0.3 is 0 Å². The third-order valence-electron chi connectivity index (χ3n) is 4.04. The van der Waals surface area contributed by atoms with Gasteiger partial charge in [-0.2, -0.15) is 5.26 Å². The lowest BCUT2D eigenvalue weighted by Gasteiger charge is -2.41. The standard InChI is InChI=1S/C16H22N2O/c1-4-19-15-7-5-14(6-8-15)18-10-9-16(2,3)13(11-17)12-18/h5-8,13H,4,9-10,12H2,1-3H3. The van der Waals surface area contributed by atoms with Gasteiger partial charge in [0.2, 0.25) is 0 Å². The van der Waals surface area contributed by atoms with Crippen molar-refractivity contribution < 1.29 is 4.74 Å². The Morgan fingerprint density at radius 1 is 1.37 bits per heavy atom. The van der Waals surface area contributed by atoms with Gasteiger partial charge in [0.1, 0.15) is 5.75 Å². The van der Waals surface area contributed by atoms with Crippen LogP contribution in [-0.2, 0) is 0 Å². The summed E-state index contributed by atoms with van der Waals surface area (Å²) in [4.78, 5) is 2.30. The van der Waals surface area contributed by atoms with Crippen LogP contribution in [0.5, 0.6) is 5.75 Å². The van der Waals surface area contributed by atoms with Crippen molar-refractivity contribution in [2.24, 2.45) is 11.3 Å². The number of hydrogen-bond donors (Lipinski definition) is 0. The van der Waals surface area contributed by atoms with Crippen LogP contribution in [0.4, 0.5) is 5.69 Å². The molecule has 1 atom stereocenters.